The van der Waals surface area contributed by atoms with Crippen molar-refractivity contribution in [2.45, 2.75) is 6.92 Å². The predicted molar refractivity (Wildman–Crippen MR) is 98.0 cm³/mol. The normalized spacial score (nSPS) is 12.6. The molecule has 0 fully saturated rings. The van der Waals surface area contributed by atoms with Crippen LogP contribution in [0.3, 0.4) is 0 Å². The quantitative estimate of drug-likeness (QED) is 0.464. The van der Waals surface area contributed by atoms with Gasteiger partial charge in [-0.1, -0.05) is 48.0 Å². The Morgan fingerprint density at radius 3 is 2.54 bits per heavy atom. The van der Waals surface area contributed by atoms with Crippen LogP contribution in [0.4, 0.5) is 5.69 Å². The number of aliphatic imine (C=N–C) groups is 1. The summed E-state index contributed by atoms with van der Waals surface area (Å²) >= 11 is 0. The van der Waals surface area contributed by atoms with Crippen LogP contribution in [-0.2, 0) is 0 Å². The minimum atomic E-state index is 0.902. The van der Waals surface area contributed by atoms with Gasteiger partial charge in [0.15, 0.2) is 0 Å². The molecular formula is C21H15N3. The number of fused-ring (bicyclic) bond motifs is 2. The summed E-state index contributed by atoms with van der Waals surface area (Å²) in [7, 11) is 0. The highest BCUT2D eigenvalue weighted by molar-refractivity contribution is 6.24. The maximum Gasteiger partial charge on any atom is 0.138 e. The van der Waals surface area contributed by atoms with E-state index < -0.39 is 0 Å². The molecule has 3 heterocycles. The first-order valence-corrected chi connectivity index (χ1v) is 8.03. The number of H-pyrrole nitrogens is 1. The lowest BCUT2D eigenvalue weighted by atomic mass is 9.98. The van der Waals surface area contributed by atoms with Crippen molar-refractivity contribution in [1.82, 2.24) is 9.97 Å². The molecule has 0 spiro atoms. The van der Waals surface area contributed by atoms with Gasteiger partial charge in [-0.15, -0.1) is 0 Å². The van der Waals surface area contributed by atoms with E-state index in [2.05, 4.69) is 65.4 Å². The molecule has 3 nitrogen and oxygen atoms in total. The molecule has 2 aromatic heterocycles. The van der Waals surface area contributed by atoms with Gasteiger partial charge in [-0.2, -0.15) is 0 Å². The number of pyridine rings is 1. The molecule has 1 aliphatic rings. The topological polar surface area (TPSA) is 41.0 Å². The van der Waals surface area contributed by atoms with E-state index in [4.69, 9.17) is 4.99 Å². The second-order valence-corrected chi connectivity index (χ2v) is 6.13. The Morgan fingerprint density at radius 1 is 0.833 bits per heavy atom. The van der Waals surface area contributed by atoms with Crippen molar-refractivity contribution >= 4 is 22.4 Å². The molecule has 0 saturated heterocycles. The molecule has 4 aromatic rings. The maximum atomic E-state index is 5.02. The van der Waals surface area contributed by atoms with Gasteiger partial charge < -0.3 is 4.98 Å². The van der Waals surface area contributed by atoms with Gasteiger partial charge in [0.05, 0.1) is 11.4 Å². The largest absolute Gasteiger partial charge is 0.345 e. The molecule has 0 atom stereocenters. The number of benzene rings is 2. The van der Waals surface area contributed by atoms with Crippen LogP contribution in [-0.4, -0.2) is 15.7 Å². The number of rotatable bonds is 1. The summed E-state index contributed by atoms with van der Waals surface area (Å²) in [6, 6.07) is 18.9. The minimum Gasteiger partial charge on any atom is -0.345 e. The zero-order valence-corrected chi connectivity index (χ0v) is 13.2. The molecule has 1 N–H and O–H groups in total. The molecule has 0 saturated carbocycles. The van der Waals surface area contributed by atoms with Gasteiger partial charge in [0.25, 0.3) is 0 Å². The highest BCUT2D eigenvalue weighted by Crippen LogP contribution is 2.40. The first-order chi connectivity index (χ1) is 11.8. The van der Waals surface area contributed by atoms with Gasteiger partial charge in [0.2, 0.25) is 0 Å². The van der Waals surface area contributed by atoms with Gasteiger partial charge in [0.1, 0.15) is 5.65 Å². The van der Waals surface area contributed by atoms with E-state index in [0.717, 1.165) is 39.1 Å². The number of para-hydroxylation sites is 1. The third kappa shape index (κ3) is 1.85. The lowest BCUT2D eigenvalue weighted by Gasteiger charge is -2.05. The molecule has 1 aliphatic heterocycles. The SMILES string of the molecule is Cc1ccc(C2=Nc3ccccc3-c3ccnc4[nH]cc2c34)cc1. The Morgan fingerprint density at radius 2 is 1.67 bits per heavy atom. The zero-order valence-electron chi connectivity index (χ0n) is 13.2. The molecule has 2 aromatic carbocycles. The predicted octanol–water partition coefficient (Wildman–Crippen LogP) is 5.02. The molecule has 0 unspecified atom stereocenters. The van der Waals surface area contributed by atoms with E-state index in [1.807, 2.05) is 18.5 Å². The summed E-state index contributed by atoms with van der Waals surface area (Å²) in [5.41, 5.74) is 8.68. The van der Waals surface area contributed by atoms with Crippen LogP contribution >= 0.6 is 0 Å². The van der Waals surface area contributed by atoms with Gasteiger partial charge in [-0.3, -0.25) is 0 Å². The summed E-state index contributed by atoms with van der Waals surface area (Å²) in [5, 5.41) is 1.14. The fourth-order valence-electron chi connectivity index (χ4n) is 3.38. The van der Waals surface area contributed by atoms with Gasteiger partial charge in [-0.25, -0.2) is 9.98 Å². The summed E-state index contributed by atoms with van der Waals surface area (Å²) in [5.74, 6) is 0. The van der Waals surface area contributed by atoms with Crippen molar-refractivity contribution in [3.8, 4) is 11.1 Å². The van der Waals surface area contributed by atoms with Crippen molar-refractivity contribution in [3.63, 3.8) is 0 Å². The number of hydrogen-bond donors (Lipinski definition) is 1. The Hall–Kier alpha value is -3.20. The average molecular weight is 309 g/mol. The Kier molecular flexibility index (Phi) is 2.71. The van der Waals surface area contributed by atoms with Crippen LogP contribution in [0, 0.1) is 6.92 Å². The van der Waals surface area contributed by atoms with Crippen LogP contribution in [0.25, 0.3) is 22.2 Å². The number of nitrogens with one attached hydrogen (secondary N) is 1. The van der Waals surface area contributed by atoms with Crippen molar-refractivity contribution in [2.75, 3.05) is 0 Å². The number of aromatic amines is 1. The Labute approximate surface area is 139 Å². The van der Waals surface area contributed by atoms with Gasteiger partial charge >= 0.3 is 0 Å². The molecule has 0 bridgehead atoms. The third-order valence-electron chi connectivity index (χ3n) is 4.58. The zero-order chi connectivity index (χ0) is 16.1. The Bertz CT molecular complexity index is 1100. The number of aryl methyl sites for hydroxylation is 1. The molecule has 5 rings (SSSR count). The molecule has 24 heavy (non-hydrogen) atoms. The maximum absolute atomic E-state index is 5.02. The average Bonchev–Trinajstić information content (AvgIpc) is 2.98. The van der Waals surface area contributed by atoms with Gasteiger partial charge in [0, 0.05) is 34.5 Å². The lowest BCUT2D eigenvalue weighted by Crippen LogP contribution is -2.01. The van der Waals surface area contributed by atoms with E-state index in [1.165, 1.54) is 11.1 Å². The fourth-order valence-corrected chi connectivity index (χ4v) is 3.38. The highest BCUT2D eigenvalue weighted by Gasteiger charge is 2.21. The standard InChI is InChI=1S/C21H15N3/c1-13-6-8-14(9-7-13)20-17-12-23-21-19(17)16(10-11-22-21)15-4-2-3-5-18(15)24-20/h2-12H,1H3,(H,22,23). The Balaban J connectivity index is 1.91. The second kappa shape index (κ2) is 4.90. The van der Waals surface area contributed by atoms with Crippen LogP contribution < -0.4 is 0 Å². The molecular weight excluding hydrogens is 294 g/mol. The lowest BCUT2D eigenvalue weighted by molar-refractivity contribution is 1.32. The molecule has 0 aliphatic carbocycles. The van der Waals surface area contributed by atoms with E-state index >= 15 is 0 Å². The van der Waals surface area contributed by atoms with Crippen LogP contribution in [0.15, 0.2) is 72.0 Å². The third-order valence-corrected chi connectivity index (χ3v) is 4.58. The van der Waals surface area contributed by atoms with E-state index in [0.29, 0.717) is 0 Å². The minimum absolute atomic E-state index is 0.902. The molecule has 114 valence electrons. The smallest absolute Gasteiger partial charge is 0.138 e. The van der Waals surface area contributed by atoms with Crippen LogP contribution in [0.2, 0.25) is 0 Å². The summed E-state index contributed by atoms with van der Waals surface area (Å²) in [6.07, 6.45) is 3.87. The molecule has 3 heteroatoms. The summed E-state index contributed by atoms with van der Waals surface area (Å²) in [4.78, 5) is 12.8. The monoisotopic (exact) mass is 309 g/mol. The number of aromatic nitrogens is 2. The van der Waals surface area contributed by atoms with E-state index in [1.54, 1.807) is 0 Å². The van der Waals surface area contributed by atoms with Crippen molar-refractivity contribution in [2.24, 2.45) is 4.99 Å². The van der Waals surface area contributed by atoms with E-state index in [-0.39, 0.29) is 0 Å². The molecule has 0 amide bonds. The summed E-state index contributed by atoms with van der Waals surface area (Å²) in [6.45, 7) is 2.10. The van der Waals surface area contributed by atoms with Crippen molar-refractivity contribution < 1.29 is 0 Å². The number of hydrogen-bond acceptors (Lipinski definition) is 2. The van der Waals surface area contributed by atoms with E-state index in [9.17, 15) is 0 Å². The molecule has 0 radical (unpaired) electrons. The highest BCUT2D eigenvalue weighted by atomic mass is 14.9. The fraction of sp³-hybridized carbons (Fsp3) is 0.0476. The number of nitrogens with zero attached hydrogens (tertiary/aromatic N) is 2. The van der Waals surface area contributed by atoms with Crippen molar-refractivity contribution in [3.05, 3.63) is 83.7 Å². The summed E-state index contributed by atoms with van der Waals surface area (Å²) < 4.78 is 0. The first kappa shape index (κ1) is 13.3. The van der Waals surface area contributed by atoms with Crippen LogP contribution in [0.5, 0.6) is 0 Å². The van der Waals surface area contributed by atoms with Gasteiger partial charge in [-0.05, 0) is 24.6 Å². The van der Waals surface area contributed by atoms with Crippen LogP contribution in [0.1, 0.15) is 16.7 Å². The second-order valence-electron chi connectivity index (χ2n) is 6.13. The van der Waals surface area contributed by atoms with Crippen molar-refractivity contribution in [1.29, 1.82) is 0 Å². The first-order valence-electron chi connectivity index (χ1n) is 8.03.